The Morgan fingerprint density at radius 2 is 1.94 bits per heavy atom. The Morgan fingerprint density at radius 3 is 2.60 bits per heavy atom. The van der Waals surface area contributed by atoms with Crippen molar-refractivity contribution in [1.29, 1.82) is 0 Å². The van der Waals surface area contributed by atoms with Gasteiger partial charge >= 0.3 is 12.0 Å². The zero-order valence-electron chi connectivity index (χ0n) is 18.1. The Bertz CT molecular complexity index is 1380. The van der Waals surface area contributed by atoms with Crippen LogP contribution in [-0.4, -0.2) is 46.3 Å². The van der Waals surface area contributed by atoms with E-state index in [0.29, 0.717) is 16.4 Å². The lowest BCUT2D eigenvalue weighted by Gasteiger charge is -2.14. The first kappa shape index (κ1) is 24.8. The lowest BCUT2D eigenvalue weighted by molar-refractivity contribution is -0.136. The molecule has 1 fully saturated rings. The van der Waals surface area contributed by atoms with Gasteiger partial charge in [0.25, 0.3) is 9.84 Å². The summed E-state index contributed by atoms with van der Waals surface area (Å²) in [5.41, 5.74) is 0.290. The van der Waals surface area contributed by atoms with Crippen LogP contribution in [0.15, 0.2) is 40.0 Å². The maximum absolute atomic E-state index is 13.0. The molecular formula is C21H20ClN5O6S2. The Morgan fingerprint density at radius 1 is 1.20 bits per heavy atom. The second-order valence-corrected chi connectivity index (χ2v) is 11.3. The minimum Gasteiger partial charge on any atom is -0.481 e. The van der Waals surface area contributed by atoms with E-state index >= 15 is 0 Å². The molecule has 0 radical (unpaired) electrons. The number of carboxylic acids is 1. The number of urea groups is 1. The Hall–Kier alpha value is -3.29. The molecule has 1 saturated carbocycles. The van der Waals surface area contributed by atoms with Gasteiger partial charge in [-0.1, -0.05) is 35.8 Å². The number of carboxylic acid groups (broad SMARTS) is 1. The molecule has 184 valence electrons. The van der Waals surface area contributed by atoms with Crippen LogP contribution < -0.4 is 10.6 Å². The third kappa shape index (κ3) is 5.52. The van der Waals surface area contributed by atoms with Gasteiger partial charge in [0.15, 0.2) is 15.1 Å². The van der Waals surface area contributed by atoms with Gasteiger partial charge in [0.1, 0.15) is 0 Å². The number of aromatic nitrogens is 3. The monoisotopic (exact) mass is 537 g/mol. The number of nitrogens with one attached hydrogen (secondary N) is 3. The van der Waals surface area contributed by atoms with Crippen molar-refractivity contribution in [3.63, 3.8) is 0 Å². The largest absolute Gasteiger partial charge is 0.481 e. The number of nitrogens with zero attached hydrogens (tertiary/aromatic N) is 2. The number of aromatic amines is 1. The van der Waals surface area contributed by atoms with Crippen molar-refractivity contribution in [2.75, 3.05) is 10.6 Å². The molecule has 0 spiro atoms. The number of anilines is 2. The van der Waals surface area contributed by atoms with Crippen molar-refractivity contribution in [2.24, 2.45) is 5.92 Å². The van der Waals surface area contributed by atoms with Gasteiger partial charge in [-0.15, -0.1) is 0 Å². The van der Waals surface area contributed by atoms with Gasteiger partial charge in [-0.05, 0) is 31.0 Å². The van der Waals surface area contributed by atoms with Crippen LogP contribution in [0.25, 0.3) is 0 Å². The number of hydrogen-bond donors (Lipinski definition) is 4. The fourth-order valence-corrected chi connectivity index (χ4v) is 6.65. The summed E-state index contributed by atoms with van der Waals surface area (Å²) in [7, 11) is -4.18. The number of Topliss-reactive ketones (excluding diaryl/α,β-unsaturated/α-hetero) is 1. The molecule has 0 saturated heterocycles. The second-order valence-electron chi connectivity index (χ2n) is 7.84. The van der Waals surface area contributed by atoms with Crippen LogP contribution in [-0.2, 0) is 21.1 Å². The smallest absolute Gasteiger partial charge is 0.325 e. The summed E-state index contributed by atoms with van der Waals surface area (Å²) in [6.45, 7) is 0. The van der Waals surface area contributed by atoms with E-state index in [2.05, 4.69) is 25.6 Å². The number of halogens is 1. The predicted molar refractivity (Wildman–Crippen MR) is 128 cm³/mol. The van der Waals surface area contributed by atoms with Gasteiger partial charge in [-0.2, -0.15) is 0 Å². The number of H-pyrrole nitrogens is 1. The van der Waals surface area contributed by atoms with Gasteiger partial charge in [0.05, 0.1) is 17.8 Å². The van der Waals surface area contributed by atoms with Crippen molar-refractivity contribution < 1.29 is 27.9 Å². The van der Waals surface area contributed by atoms with Gasteiger partial charge in [-0.3, -0.25) is 14.9 Å². The molecule has 2 aromatic heterocycles. The molecular weight excluding hydrogens is 518 g/mol. The molecule has 2 heterocycles. The molecule has 1 aliphatic rings. The zero-order chi connectivity index (χ0) is 25.2. The van der Waals surface area contributed by atoms with E-state index in [1.165, 1.54) is 30.6 Å². The maximum Gasteiger partial charge on any atom is 0.325 e. The van der Waals surface area contributed by atoms with Crippen molar-refractivity contribution in [3.05, 3.63) is 46.9 Å². The van der Waals surface area contributed by atoms with Crippen LogP contribution >= 0.6 is 22.9 Å². The summed E-state index contributed by atoms with van der Waals surface area (Å²) in [6.07, 6.45) is 5.36. The summed E-state index contributed by atoms with van der Waals surface area (Å²) in [4.78, 5) is 47.1. The lowest BCUT2D eigenvalue weighted by atomic mass is 9.95. The molecule has 0 atom stereocenters. The van der Waals surface area contributed by atoms with Crippen LogP contribution in [0.4, 0.5) is 15.6 Å². The first-order valence-corrected chi connectivity index (χ1v) is 13.2. The number of benzene rings is 1. The molecule has 14 heteroatoms. The SMILES string of the molecule is O=C(O)Cc1nc(NC(=O)Nc2ccc(Cl)cc2C(=O)C2CCCC2)sc1S(=O)(=O)c1ncc[nH]1. The fourth-order valence-electron chi connectivity index (χ4n) is 3.83. The minimum atomic E-state index is -4.18. The minimum absolute atomic E-state index is 0.106. The predicted octanol–water partition coefficient (Wildman–Crippen LogP) is 4.00. The molecule has 4 rings (SSSR count). The first-order chi connectivity index (χ1) is 16.6. The molecule has 1 aromatic carbocycles. The highest BCUT2D eigenvalue weighted by molar-refractivity contribution is 7.93. The van der Waals surface area contributed by atoms with Crippen molar-refractivity contribution in [1.82, 2.24) is 15.0 Å². The Labute approximate surface area is 208 Å². The van der Waals surface area contributed by atoms with Crippen molar-refractivity contribution in [3.8, 4) is 0 Å². The first-order valence-electron chi connectivity index (χ1n) is 10.5. The average molecular weight is 538 g/mol. The van der Waals surface area contributed by atoms with Crippen molar-refractivity contribution in [2.45, 2.75) is 41.5 Å². The summed E-state index contributed by atoms with van der Waals surface area (Å²) in [5, 5.41) is 14.0. The van der Waals surface area contributed by atoms with Gasteiger partial charge in [0, 0.05) is 28.9 Å². The molecule has 0 bridgehead atoms. The molecule has 0 aliphatic heterocycles. The standard InChI is InChI=1S/C21H20ClN5O6S2/c22-12-5-6-14(13(9-12)17(30)11-3-1-2-4-11)25-19(31)27-20-26-15(10-16(28)29)18(34-20)35(32,33)21-23-7-8-24-21/h5-9,11H,1-4,10H2,(H,23,24)(H,28,29)(H2,25,26,27,31). The number of thiazole rings is 1. The van der Waals surface area contributed by atoms with Crippen molar-refractivity contribution >= 4 is 61.4 Å². The number of carbonyl (C=O) groups excluding carboxylic acids is 2. The summed E-state index contributed by atoms with van der Waals surface area (Å²) < 4.78 is 25.4. The molecule has 0 unspecified atom stereocenters. The zero-order valence-corrected chi connectivity index (χ0v) is 20.5. The van der Waals surface area contributed by atoms with Gasteiger partial charge in [0.2, 0.25) is 5.16 Å². The summed E-state index contributed by atoms with van der Waals surface area (Å²) >= 11 is 6.68. The molecule has 4 N–H and O–H groups in total. The second kappa shape index (κ2) is 10.1. The summed E-state index contributed by atoms with van der Waals surface area (Å²) in [6, 6.07) is 3.75. The van der Waals surface area contributed by atoms with Gasteiger partial charge in [-0.25, -0.2) is 23.2 Å². The highest BCUT2D eigenvalue weighted by Gasteiger charge is 2.30. The third-order valence-electron chi connectivity index (χ3n) is 5.39. The van der Waals surface area contributed by atoms with E-state index in [0.717, 1.165) is 25.7 Å². The van der Waals surface area contributed by atoms with Crippen LogP contribution in [0.3, 0.4) is 0 Å². The van der Waals surface area contributed by atoms with E-state index in [1.807, 2.05) is 0 Å². The Balaban J connectivity index is 1.58. The number of ketones is 1. The molecule has 1 aliphatic carbocycles. The topological polar surface area (TPSA) is 171 Å². The highest BCUT2D eigenvalue weighted by Crippen LogP contribution is 2.33. The number of imidazole rings is 1. The normalized spacial score (nSPS) is 14.1. The fraction of sp³-hybridized carbons (Fsp3) is 0.286. The van der Waals surface area contributed by atoms with E-state index in [1.54, 1.807) is 0 Å². The quantitative estimate of drug-likeness (QED) is 0.312. The lowest BCUT2D eigenvalue weighted by Crippen LogP contribution is -2.22. The van der Waals surface area contributed by atoms with E-state index in [4.69, 9.17) is 11.6 Å². The third-order valence-corrected chi connectivity index (χ3v) is 8.80. The molecule has 35 heavy (non-hydrogen) atoms. The number of sulfone groups is 1. The highest BCUT2D eigenvalue weighted by atomic mass is 35.5. The van der Waals surface area contributed by atoms with Gasteiger partial charge < -0.3 is 15.4 Å². The number of hydrogen-bond acceptors (Lipinski definition) is 8. The van der Waals surface area contributed by atoms with Crippen LogP contribution in [0.1, 0.15) is 41.7 Å². The molecule has 11 nitrogen and oxygen atoms in total. The van der Waals surface area contributed by atoms with E-state index < -0.39 is 28.3 Å². The van der Waals surface area contributed by atoms with Crippen LogP contribution in [0.2, 0.25) is 5.02 Å². The van der Waals surface area contributed by atoms with Crippen LogP contribution in [0, 0.1) is 5.92 Å². The number of rotatable bonds is 8. The summed E-state index contributed by atoms with van der Waals surface area (Å²) in [5.74, 6) is -1.53. The van der Waals surface area contributed by atoms with E-state index in [-0.39, 0.29) is 43.1 Å². The number of amides is 2. The van der Waals surface area contributed by atoms with E-state index in [9.17, 15) is 27.9 Å². The maximum atomic E-state index is 13.0. The number of aliphatic carboxylic acids is 1. The van der Waals surface area contributed by atoms with Crippen LogP contribution in [0.5, 0.6) is 0 Å². The Kier molecular flexibility index (Phi) is 7.19. The molecule has 3 aromatic rings. The molecule has 2 amide bonds. The number of carbonyl (C=O) groups is 3. The average Bonchev–Trinajstić information content (AvgIpc) is 3.56.